The zero-order chi connectivity index (χ0) is 15.3. The van der Waals surface area contributed by atoms with Crippen LogP contribution in [-0.2, 0) is 10.8 Å². The maximum absolute atomic E-state index is 14.3. The van der Waals surface area contributed by atoms with Gasteiger partial charge in [0.1, 0.15) is 17.4 Å². The van der Waals surface area contributed by atoms with E-state index >= 15 is 0 Å². The highest BCUT2D eigenvalue weighted by atomic mass is 28.4. The molecule has 4 heteroatoms. The van der Waals surface area contributed by atoms with Gasteiger partial charge in [-0.1, -0.05) is 26.8 Å². The number of halogens is 2. The molecule has 0 aromatic heterocycles. The fourth-order valence-corrected chi connectivity index (χ4v) is 3.14. The zero-order valence-corrected chi connectivity index (χ0v) is 14.0. The summed E-state index contributed by atoms with van der Waals surface area (Å²) in [5.41, 5.74) is 1.91. The standard InChI is InChI=1S/C16H22F2OSi/c1-10-7-8-12(17)11-9-13(18)15(14(10)11)19-20(5,6)16(2,3)4/h7-8H,9H2,1-6H3. The first-order chi connectivity index (χ1) is 9.04. The Morgan fingerprint density at radius 2 is 1.75 bits per heavy atom. The average Bonchev–Trinajstić information content (AvgIpc) is 2.61. The van der Waals surface area contributed by atoms with Gasteiger partial charge in [0, 0.05) is 17.5 Å². The first-order valence-electron chi connectivity index (χ1n) is 6.90. The van der Waals surface area contributed by atoms with Crippen LogP contribution in [0.5, 0.6) is 0 Å². The van der Waals surface area contributed by atoms with Gasteiger partial charge in [0.05, 0.1) is 0 Å². The van der Waals surface area contributed by atoms with E-state index in [-0.39, 0.29) is 28.9 Å². The molecule has 0 saturated heterocycles. The van der Waals surface area contributed by atoms with E-state index in [2.05, 4.69) is 33.9 Å². The molecular weight excluding hydrogens is 274 g/mol. The molecule has 1 nitrogen and oxygen atoms in total. The van der Waals surface area contributed by atoms with Crippen LogP contribution in [0.25, 0.3) is 5.76 Å². The van der Waals surface area contributed by atoms with E-state index in [0.717, 1.165) is 5.56 Å². The van der Waals surface area contributed by atoms with E-state index in [1.807, 2.05) is 6.92 Å². The van der Waals surface area contributed by atoms with Crippen LogP contribution in [0.1, 0.15) is 37.5 Å². The van der Waals surface area contributed by atoms with Gasteiger partial charge in [-0.2, -0.15) is 0 Å². The third-order valence-electron chi connectivity index (χ3n) is 4.43. The largest absolute Gasteiger partial charge is 0.541 e. The number of allylic oxidation sites excluding steroid dienone is 1. The number of fused-ring (bicyclic) bond motifs is 1. The summed E-state index contributed by atoms with van der Waals surface area (Å²) in [5.74, 6) is -0.434. The predicted octanol–water partition coefficient (Wildman–Crippen LogP) is 5.35. The van der Waals surface area contributed by atoms with Crippen LogP contribution in [0.4, 0.5) is 8.78 Å². The van der Waals surface area contributed by atoms with Crippen molar-refractivity contribution in [1.82, 2.24) is 0 Å². The summed E-state index contributed by atoms with van der Waals surface area (Å²) in [5, 5.41) is -0.0235. The van der Waals surface area contributed by atoms with E-state index in [0.29, 0.717) is 11.1 Å². The summed E-state index contributed by atoms with van der Waals surface area (Å²) in [6, 6.07) is 3.08. The Morgan fingerprint density at radius 3 is 2.30 bits per heavy atom. The lowest BCUT2D eigenvalue weighted by atomic mass is 10.0. The van der Waals surface area contributed by atoms with Gasteiger partial charge >= 0.3 is 0 Å². The minimum atomic E-state index is -2.14. The molecule has 1 aliphatic rings. The van der Waals surface area contributed by atoms with E-state index in [4.69, 9.17) is 4.43 Å². The Balaban J connectivity index is 2.47. The smallest absolute Gasteiger partial charge is 0.250 e. The highest BCUT2D eigenvalue weighted by molar-refractivity contribution is 6.74. The van der Waals surface area contributed by atoms with Crippen molar-refractivity contribution in [2.24, 2.45) is 0 Å². The summed E-state index contributed by atoms with van der Waals surface area (Å²) in [4.78, 5) is 0. The Kier molecular flexibility index (Phi) is 3.57. The van der Waals surface area contributed by atoms with E-state index in [1.165, 1.54) is 6.07 Å². The molecule has 0 N–H and O–H groups in total. The number of hydrogen-bond donors (Lipinski definition) is 0. The van der Waals surface area contributed by atoms with Crippen LogP contribution >= 0.6 is 0 Å². The molecule has 0 aliphatic heterocycles. The molecular formula is C16H22F2OSi. The van der Waals surface area contributed by atoms with Crippen LogP contribution < -0.4 is 0 Å². The molecule has 20 heavy (non-hydrogen) atoms. The van der Waals surface area contributed by atoms with Gasteiger partial charge in [-0.05, 0) is 36.7 Å². The van der Waals surface area contributed by atoms with Crippen molar-refractivity contribution in [3.8, 4) is 0 Å². The molecule has 0 atom stereocenters. The lowest BCUT2D eigenvalue weighted by molar-refractivity contribution is 0.442. The van der Waals surface area contributed by atoms with Crippen LogP contribution in [0.15, 0.2) is 18.0 Å². The van der Waals surface area contributed by atoms with Gasteiger partial charge in [0.25, 0.3) is 8.32 Å². The molecule has 0 spiro atoms. The number of hydrogen-bond acceptors (Lipinski definition) is 1. The SMILES string of the molecule is Cc1ccc(F)c2c1C(O[Si](C)(C)C(C)(C)C)=C(F)C2. The fourth-order valence-electron chi connectivity index (χ4n) is 2.11. The van der Waals surface area contributed by atoms with Crippen molar-refractivity contribution >= 4 is 14.1 Å². The van der Waals surface area contributed by atoms with Crippen molar-refractivity contribution in [2.75, 3.05) is 0 Å². The quantitative estimate of drug-likeness (QED) is 0.668. The molecule has 0 radical (unpaired) electrons. The molecule has 0 saturated carbocycles. The van der Waals surface area contributed by atoms with Crippen LogP contribution in [0.3, 0.4) is 0 Å². The van der Waals surface area contributed by atoms with Crippen molar-refractivity contribution in [2.45, 2.75) is 52.2 Å². The third kappa shape index (κ3) is 2.41. The molecule has 2 rings (SSSR count). The van der Waals surface area contributed by atoms with E-state index in [1.54, 1.807) is 6.07 Å². The lowest BCUT2D eigenvalue weighted by Gasteiger charge is -2.37. The van der Waals surface area contributed by atoms with Gasteiger partial charge < -0.3 is 4.43 Å². The molecule has 1 aliphatic carbocycles. The molecule has 0 amide bonds. The summed E-state index contributed by atoms with van der Waals surface area (Å²) >= 11 is 0. The molecule has 1 aromatic rings. The van der Waals surface area contributed by atoms with Gasteiger partial charge in [-0.3, -0.25) is 0 Å². The fraction of sp³-hybridized carbons (Fsp3) is 0.500. The zero-order valence-electron chi connectivity index (χ0n) is 13.0. The molecule has 0 heterocycles. The van der Waals surface area contributed by atoms with E-state index < -0.39 is 8.32 Å². The molecule has 110 valence electrons. The van der Waals surface area contributed by atoms with Gasteiger partial charge in [-0.25, -0.2) is 8.78 Å². The van der Waals surface area contributed by atoms with Gasteiger partial charge in [0.2, 0.25) is 0 Å². The number of benzene rings is 1. The Bertz CT molecular complexity index is 583. The summed E-state index contributed by atoms with van der Waals surface area (Å²) in [6.07, 6.45) is 0.00675. The normalized spacial score (nSPS) is 15.6. The molecule has 0 unspecified atom stereocenters. The minimum absolute atomic E-state index is 0.00675. The second-order valence-electron chi connectivity index (χ2n) is 6.99. The highest BCUT2D eigenvalue weighted by Crippen LogP contribution is 2.44. The average molecular weight is 296 g/mol. The molecule has 0 bridgehead atoms. The minimum Gasteiger partial charge on any atom is -0.541 e. The maximum Gasteiger partial charge on any atom is 0.250 e. The second kappa shape index (κ2) is 4.69. The summed E-state index contributed by atoms with van der Waals surface area (Å²) in [6.45, 7) is 12.3. The van der Waals surface area contributed by atoms with Crippen LogP contribution in [0, 0.1) is 12.7 Å². The molecule has 1 aromatic carbocycles. The first kappa shape index (κ1) is 15.2. The van der Waals surface area contributed by atoms with Gasteiger partial charge in [-0.15, -0.1) is 0 Å². The number of rotatable bonds is 2. The van der Waals surface area contributed by atoms with Crippen molar-refractivity contribution in [1.29, 1.82) is 0 Å². The van der Waals surface area contributed by atoms with Crippen LogP contribution in [0.2, 0.25) is 18.1 Å². The Hall–Kier alpha value is -1.16. The maximum atomic E-state index is 14.3. The van der Waals surface area contributed by atoms with E-state index in [9.17, 15) is 8.78 Å². The third-order valence-corrected chi connectivity index (χ3v) is 8.76. The summed E-state index contributed by atoms with van der Waals surface area (Å²) in [7, 11) is -2.14. The molecule has 0 fully saturated rings. The number of aryl methyl sites for hydroxylation is 1. The van der Waals surface area contributed by atoms with Crippen molar-refractivity contribution in [3.05, 3.63) is 40.5 Å². The van der Waals surface area contributed by atoms with Crippen LogP contribution in [-0.4, -0.2) is 8.32 Å². The highest BCUT2D eigenvalue weighted by Gasteiger charge is 2.42. The van der Waals surface area contributed by atoms with Gasteiger partial charge in [0.15, 0.2) is 0 Å². The van der Waals surface area contributed by atoms with Crippen molar-refractivity contribution in [3.63, 3.8) is 0 Å². The summed E-state index contributed by atoms with van der Waals surface area (Å²) < 4.78 is 34.2. The first-order valence-corrected chi connectivity index (χ1v) is 9.81. The topological polar surface area (TPSA) is 9.23 Å². The second-order valence-corrected chi connectivity index (χ2v) is 11.7. The Labute approximate surface area is 120 Å². The van der Waals surface area contributed by atoms with Crippen molar-refractivity contribution < 1.29 is 13.2 Å². The Morgan fingerprint density at radius 1 is 1.15 bits per heavy atom. The predicted molar refractivity (Wildman–Crippen MR) is 81.2 cm³/mol. The lowest BCUT2D eigenvalue weighted by Crippen LogP contribution is -2.40. The monoisotopic (exact) mass is 296 g/mol.